The second-order valence-corrected chi connectivity index (χ2v) is 6.04. The summed E-state index contributed by atoms with van der Waals surface area (Å²) in [6, 6.07) is 19.4. The summed E-state index contributed by atoms with van der Waals surface area (Å²) >= 11 is 0. The second-order valence-electron chi connectivity index (χ2n) is 6.04. The largest absolute Gasteiger partial charge is 0.372 e. The Morgan fingerprint density at radius 1 is 1.12 bits per heavy atom. The van der Waals surface area contributed by atoms with Crippen LogP contribution in [0.3, 0.4) is 0 Å². The smallest absolute Gasteiger partial charge is 0.262 e. The zero-order chi connectivity index (χ0) is 18.9. The van der Waals surface area contributed by atoms with E-state index < -0.39 is 0 Å². The number of nitriles is 1. The minimum atomic E-state index is -0.364. The van der Waals surface area contributed by atoms with Crippen LogP contribution >= 0.6 is 0 Å². The summed E-state index contributed by atoms with van der Waals surface area (Å²) in [5.41, 5.74) is 3.07. The van der Waals surface area contributed by atoms with Gasteiger partial charge in [-0.3, -0.25) is 4.79 Å². The monoisotopic (exact) mass is 347 g/mol. The van der Waals surface area contributed by atoms with Gasteiger partial charge in [-0.2, -0.15) is 5.26 Å². The lowest BCUT2D eigenvalue weighted by Crippen LogP contribution is -2.27. The summed E-state index contributed by atoms with van der Waals surface area (Å²) in [5.74, 6) is -0.364. The highest BCUT2D eigenvalue weighted by Gasteiger charge is 2.13. The normalized spacial score (nSPS) is 12.2. The minimum absolute atomic E-state index is 0.100. The maximum Gasteiger partial charge on any atom is 0.262 e. The first-order chi connectivity index (χ1) is 12.6. The number of anilines is 1. The van der Waals surface area contributed by atoms with Crippen LogP contribution in [0, 0.1) is 11.3 Å². The molecule has 134 valence electrons. The van der Waals surface area contributed by atoms with E-state index in [0.717, 1.165) is 29.9 Å². The van der Waals surface area contributed by atoms with Gasteiger partial charge in [0.2, 0.25) is 0 Å². The molecule has 2 aromatic rings. The molecule has 0 heterocycles. The quantitative estimate of drug-likeness (QED) is 0.599. The molecule has 1 atom stereocenters. The highest BCUT2D eigenvalue weighted by molar-refractivity contribution is 6.01. The molecule has 0 bridgehead atoms. The topological polar surface area (TPSA) is 56.1 Å². The average Bonchev–Trinajstić information content (AvgIpc) is 2.68. The zero-order valence-corrected chi connectivity index (χ0v) is 15.6. The van der Waals surface area contributed by atoms with E-state index in [-0.39, 0.29) is 17.5 Å². The fraction of sp³-hybridized carbons (Fsp3) is 0.273. The van der Waals surface area contributed by atoms with Crippen molar-refractivity contribution in [2.45, 2.75) is 26.8 Å². The molecular formula is C22H25N3O. The Hall–Kier alpha value is -3.06. The van der Waals surface area contributed by atoms with Gasteiger partial charge < -0.3 is 10.2 Å². The number of benzene rings is 2. The molecule has 0 radical (unpaired) electrons. The predicted octanol–water partition coefficient (Wildman–Crippen LogP) is 4.32. The molecule has 0 aliphatic carbocycles. The molecule has 4 nitrogen and oxygen atoms in total. The van der Waals surface area contributed by atoms with Crippen LogP contribution in [0.15, 0.2) is 60.2 Å². The molecule has 0 fully saturated rings. The summed E-state index contributed by atoms with van der Waals surface area (Å²) in [6.45, 7) is 8.01. The molecule has 0 unspecified atom stereocenters. The lowest BCUT2D eigenvalue weighted by molar-refractivity contribution is -0.117. The van der Waals surface area contributed by atoms with E-state index in [0.29, 0.717) is 0 Å². The summed E-state index contributed by atoms with van der Waals surface area (Å²) < 4.78 is 0. The van der Waals surface area contributed by atoms with E-state index in [9.17, 15) is 10.1 Å². The molecule has 0 spiro atoms. The Morgan fingerprint density at radius 2 is 1.73 bits per heavy atom. The third-order valence-corrected chi connectivity index (χ3v) is 4.34. The molecule has 0 aliphatic heterocycles. The predicted molar refractivity (Wildman–Crippen MR) is 107 cm³/mol. The summed E-state index contributed by atoms with van der Waals surface area (Å²) in [6.07, 6.45) is 1.62. The van der Waals surface area contributed by atoms with Gasteiger partial charge in [-0.1, -0.05) is 42.5 Å². The number of amides is 1. The number of nitrogens with zero attached hydrogens (tertiary/aromatic N) is 2. The number of carbonyl (C=O) groups excluding carboxylic acids is 1. The maximum absolute atomic E-state index is 12.4. The maximum atomic E-state index is 12.4. The summed E-state index contributed by atoms with van der Waals surface area (Å²) in [7, 11) is 0. The van der Waals surface area contributed by atoms with Crippen LogP contribution in [-0.4, -0.2) is 19.0 Å². The Morgan fingerprint density at radius 3 is 2.27 bits per heavy atom. The van der Waals surface area contributed by atoms with Crippen molar-refractivity contribution in [2.24, 2.45) is 0 Å². The van der Waals surface area contributed by atoms with Crippen molar-refractivity contribution in [2.75, 3.05) is 18.0 Å². The molecule has 1 N–H and O–H groups in total. The first-order valence-corrected chi connectivity index (χ1v) is 8.91. The summed E-state index contributed by atoms with van der Waals surface area (Å²) in [5, 5.41) is 12.3. The van der Waals surface area contributed by atoms with E-state index in [4.69, 9.17) is 0 Å². The highest BCUT2D eigenvalue weighted by atomic mass is 16.1. The van der Waals surface area contributed by atoms with Crippen molar-refractivity contribution in [1.29, 1.82) is 5.26 Å². The molecule has 0 saturated carbocycles. The fourth-order valence-corrected chi connectivity index (χ4v) is 2.78. The van der Waals surface area contributed by atoms with Gasteiger partial charge >= 0.3 is 0 Å². The van der Waals surface area contributed by atoms with Crippen molar-refractivity contribution < 1.29 is 4.79 Å². The van der Waals surface area contributed by atoms with E-state index >= 15 is 0 Å². The molecule has 26 heavy (non-hydrogen) atoms. The molecule has 2 aromatic carbocycles. The van der Waals surface area contributed by atoms with E-state index in [1.807, 2.05) is 67.6 Å². The third-order valence-electron chi connectivity index (χ3n) is 4.34. The standard InChI is InChI=1S/C22H25N3O/c1-4-25(5-2)21-13-11-18(12-14-21)15-20(16-23)22(26)24-17(3)19-9-7-6-8-10-19/h6-15,17H,4-5H2,1-3H3,(H,24,26)/b20-15+/t17-/m1/s1. The molecule has 0 saturated heterocycles. The number of hydrogen-bond donors (Lipinski definition) is 1. The molecule has 1 amide bonds. The van der Waals surface area contributed by atoms with Crippen LogP contribution in [0.1, 0.15) is 37.9 Å². The van der Waals surface area contributed by atoms with Crippen molar-refractivity contribution in [3.8, 4) is 6.07 Å². The van der Waals surface area contributed by atoms with Crippen molar-refractivity contribution >= 4 is 17.7 Å². The number of rotatable bonds is 7. The fourth-order valence-electron chi connectivity index (χ4n) is 2.78. The number of carbonyl (C=O) groups is 1. The molecule has 0 aliphatic rings. The van der Waals surface area contributed by atoms with E-state index in [1.54, 1.807) is 6.08 Å². The van der Waals surface area contributed by atoms with E-state index in [1.165, 1.54) is 0 Å². The van der Waals surface area contributed by atoms with Crippen molar-refractivity contribution in [3.05, 3.63) is 71.3 Å². The van der Waals surface area contributed by atoms with Gasteiger partial charge in [-0.05, 0) is 50.1 Å². The Bertz CT molecular complexity index is 784. The molecule has 0 aromatic heterocycles. The Kier molecular flexibility index (Phi) is 6.99. The van der Waals surface area contributed by atoms with Gasteiger partial charge in [-0.15, -0.1) is 0 Å². The van der Waals surface area contributed by atoms with Crippen molar-refractivity contribution in [3.63, 3.8) is 0 Å². The van der Waals surface area contributed by atoms with Crippen molar-refractivity contribution in [1.82, 2.24) is 5.32 Å². The van der Waals surface area contributed by atoms with Crippen LogP contribution in [0.5, 0.6) is 0 Å². The van der Waals surface area contributed by atoms with Crippen LogP contribution in [0.25, 0.3) is 6.08 Å². The van der Waals surface area contributed by atoms with Crippen LogP contribution in [0.4, 0.5) is 5.69 Å². The lowest BCUT2D eigenvalue weighted by atomic mass is 10.1. The van der Waals surface area contributed by atoms with Gasteiger partial charge in [0.15, 0.2) is 0 Å². The van der Waals surface area contributed by atoms with E-state index in [2.05, 4.69) is 24.1 Å². The number of nitrogens with one attached hydrogen (secondary N) is 1. The van der Waals surface area contributed by atoms with Gasteiger partial charge in [-0.25, -0.2) is 0 Å². The van der Waals surface area contributed by atoms with Crippen LogP contribution in [-0.2, 0) is 4.79 Å². The Balaban J connectivity index is 2.11. The highest BCUT2D eigenvalue weighted by Crippen LogP contribution is 2.17. The lowest BCUT2D eigenvalue weighted by Gasteiger charge is -2.20. The second kappa shape index (κ2) is 9.43. The van der Waals surface area contributed by atoms with Crippen LogP contribution in [0.2, 0.25) is 0 Å². The first kappa shape index (κ1) is 19.3. The molecule has 2 rings (SSSR count). The minimum Gasteiger partial charge on any atom is -0.372 e. The Labute approximate surface area is 155 Å². The zero-order valence-electron chi connectivity index (χ0n) is 15.6. The molecule has 4 heteroatoms. The SMILES string of the molecule is CCN(CC)c1ccc(/C=C(\C#N)C(=O)N[C@H](C)c2ccccc2)cc1. The third kappa shape index (κ3) is 4.97. The van der Waals surface area contributed by atoms with Gasteiger partial charge in [0, 0.05) is 18.8 Å². The van der Waals surface area contributed by atoms with Crippen LogP contribution < -0.4 is 10.2 Å². The average molecular weight is 347 g/mol. The van der Waals surface area contributed by atoms with Gasteiger partial charge in [0.25, 0.3) is 5.91 Å². The first-order valence-electron chi connectivity index (χ1n) is 8.91. The van der Waals surface area contributed by atoms with Gasteiger partial charge in [0.05, 0.1) is 6.04 Å². The molecular weight excluding hydrogens is 322 g/mol. The number of hydrogen-bond acceptors (Lipinski definition) is 3. The van der Waals surface area contributed by atoms with Gasteiger partial charge in [0.1, 0.15) is 11.6 Å². The summed E-state index contributed by atoms with van der Waals surface area (Å²) in [4.78, 5) is 14.7.